The quantitative estimate of drug-likeness (QED) is 0.495. The van der Waals surface area contributed by atoms with E-state index in [0.29, 0.717) is 3.57 Å². The summed E-state index contributed by atoms with van der Waals surface area (Å²) >= 11 is 1.94. The van der Waals surface area contributed by atoms with E-state index >= 15 is 0 Å². The molecule has 0 fully saturated rings. The topological polar surface area (TPSA) is 49.8 Å². The van der Waals surface area contributed by atoms with Crippen LogP contribution >= 0.6 is 22.6 Å². The Hall–Kier alpha value is -1.65. The third-order valence-corrected chi connectivity index (χ3v) is 3.37. The lowest BCUT2D eigenvalue weighted by Gasteiger charge is -2.21. The summed E-state index contributed by atoms with van der Waals surface area (Å²) < 4.78 is 53.7. The summed E-state index contributed by atoms with van der Waals surface area (Å²) in [5.74, 6) is -0.922. The fraction of sp³-hybridized carbons (Fsp3) is 0.333. The maximum atomic E-state index is 13.9. The Morgan fingerprint density at radius 1 is 1.04 bits per heavy atom. The van der Waals surface area contributed by atoms with E-state index in [1.807, 2.05) is 22.6 Å². The van der Waals surface area contributed by atoms with Crippen LogP contribution in [-0.2, 0) is 6.18 Å². The average molecular weight is 454 g/mol. The maximum absolute atomic E-state index is 13.9. The largest absolute Gasteiger partial charge is 0.433 e. The maximum Gasteiger partial charge on any atom is 0.433 e. The number of hydrogen-bond acceptors (Lipinski definition) is 4. The van der Waals surface area contributed by atoms with Crippen LogP contribution in [0, 0.1) is 9.39 Å². The van der Waals surface area contributed by atoms with Gasteiger partial charge in [0.25, 0.3) is 0 Å². The predicted octanol–water partition coefficient (Wildman–Crippen LogP) is 5.19. The number of rotatable bonds is 3. The van der Waals surface area contributed by atoms with Gasteiger partial charge < -0.3 is 10.6 Å². The molecule has 24 heavy (non-hydrogen) atoms. The van der Waals surface area contributed by atoms with Gasteiger partial charge >= 0.3 is 6.18 Å². The summed E-state index contributed by atoms with van der Waals surface area (Å²) in [6.45, 7) is 5.30. The highest BCUT2D eigenvalue weighted by Crippen LogP contribution is 2.31. The zero-order valence-electron chi connectivity index (χ0n) is 13.1. The Labute approximate surface area is 150 Å². The molecule has 1 aromatic heterocycles. The third kappa shape index (κ3) is 5.18. The van der Waals surface area contributed by atoms with Crippen molar-refractivity contribution in [2.75, 3.05) is 10.6 Å². The number of hydrogen-bond donors (Lipinski definition) is 2. The van der Waals surface area contributed by atoms with Gasteiger partial charge in [0.05, 0.1) is 5.69 Å². The number of anilines is 3. The summed E-state index contributed by atoms with van der Waals surface area (Å²) in [7, 11) is 0. The molecule has 0 atom stereocenters. The minimum Gasteiger partial charge on any atom is -0.350 e. The minimum absolute atomic E-state index is 0.0314. The molecule has 0 aliphatic carbocycles. The van der Waals surface area contributed by atoms with Crippen molar-refractivity contribution in [3.63, 3.8) is 0 Å². The lowest BCUT2D eigenvalue weighted by molar-refractivity contribution is -0.141. The zero-order valence-corrected chi connectivity index (χ0v) is 15.3. The predicted molar refractivity (Wildman–Crippen MR) is 92.8 cm³/mol. The standard InChI is InChI=1S/C15H15F4IN4/c1-14(2,3)24-13-22-11(15(17,18)19)7-12(23-13)21-10-5-4-8(20)6-9(10)16/h4-7H,1-3H3,(H2,21,22,23,24). The van der Waals surface area contributed by atoms with Crippen LogP contribution < -0.4 is 10.6 Å². The first-order valence-electron chi connectivity index (χ1n) is 6.90. The first-order valence-corrected chi connectivity index (χ1v) is 7.98. The van der Waals surface area contributed by atoms with E-state index in [-0.39, 0.29) is 17.5 Å². The Kier molecular flexibility index (Phi) is 5.21. The molecule has 1 heterocycles. The van der Waals surface area contributed by atoms with Gasteiger partial charge in [-0.05, 0) is 61.6 Å². The molecule has 0 saturated heterocycles. The molecule has 0 spiro atoms. The molecule has 2 aromatic rings. The molecular weight excluding hydrogens is 439 g/mol. The van der Waals surface area contributed by atoms with Crippen LogP contribution in [0.2, 0.25) is 0 Å². The minimum atomic E-state index is -4.64. The molecular formula is C15H15F4IN4. The van der Waals surface area contributed by atoms with E-state index in [1.165, 1.54) is 12.1 Å². The van der Waals surface area contributed by atoms with Crippen LogP contribution in [0.3, 0.4) is 0 Å². The van der Waals surface area contributed by atoms with Gasteiger partial charge in [-0.3, -0.25) is 0 Å². The van der Waals surface area contributed by atoms with E-state index in [9.17, 15) is 17.6 Å². The van der Waals surface area contributed by atoms with Gasteiger partial charge in [-0.2, -0.15) is 18.2 Å². The molecule has 0 amide bonds. The van der Waals surface area contributed by atoms with Crippen LogP contribution in [0.4, 0.5) is 35.0 Å². The number of aromatic nitrogens is 2. The number of halogens is 5. The van der Waals surface area contributed by atoms with E-state index in [0.717, 1.165) is 6.07 Å². The highest BCUT2D eigenvalue weighted by Gasteiger charge is 2.34. The fourth-order valence-electron chi connectivity index (χ4n) is 1.78. The molecule has 0 bridgehead atoms. The zero-order chi connectivity index (χ0) is 18.1. The van der Waals surface area contributed by atoms with Crippen LogP contribution in [0.15, 0.2) is 24.3 Å². The first-order chi connectivity index (χ1) is 10.9. The van der Waals surface area contributed by atoms with Gasteiger partial charge in [0, 0.05) is 15.2 Å². The van der Waals surface area contributed by atoms with E-state index in [2.05, 4.69) is 20.6 Å². The summed E-state index contributed by atoms with van der Waals surface area (Å²) in [5, 5.41) is 5.35. The van der Waals surface area contributed by atoms with Crippen molar-refractivity contribution in [2.24, 2.45) is 0 Å². The van der Waals surface area contributed by atoms with Crippen molar-refractivity contribution in [2.45, 2.75) is 32.5 Å². The lowest BCUT2D eigenvalue weighted by atomic mass is 10.1. The van der Waals surface area contributed by atoms with Crippen molar-refractivity contribution < 1.29 is 17.6 Å². The Bertz CT molecular complexity index is 741. The Balaban J connectivity index is 2.42. The summed E-state index contributed by atoms with van der Waals surface area (Å²) in [6.07, 6.45) is -4.64. The summed E-state index contributed by atoms with van der Waals surface area (Å²) in [6, 6.07) is 5.07. The van der Waals surface area contributed by atoms with Crippen LogP contribution in [0.5, 0.6) is 0 Å². The van der Waals surface area contributed by atoms with Crippen molar-refractivity contribution in [3.8, 4) is 0 Å². The second kappa shape index (κ2) is 6.69. The van der Waals surface area contributed by atoms with Crippen LogP contribution in [0.25, 0.3) is 0 Å². The molecule has 2 N–H and O–H groups in total. The number of nitrogens with zero attached hydrogens (tertiary/aromatic N) is 2. The van der Waals surface area contributed by atoms with Crippen LogP contribution in [-0.4, -0.2) is 15.5 Å². The van der Waals surface area contributed by atoms with Gasteiger partial charge in [-0.1, -0.05) is 0 Å². The van der Waals surface area contributed by atoms with E-state index < -0.39 is 23.2 Å². The Morgan fingerprint density at radius 2 is 1.71 bits per heavy atom. The van der Waals surface area contributed by atoms with Gasteiger partial charge in [0.2, 0.25) is 5.95 Å². The summed E-state index contributed by atoms with van der Waals surface area (Å²) in [4.78, 5) is 7.48. The van der Waals surface area contributed by atoms with Crippen LogP contribution in [0.1, 0.15) is 26.5 Å². The Morgan fingerprint density at radius 3 is 2.25 bits per heavy atom. The molecule has 0 saturated carbocycles. The highest BCUT2D eigenvalue weighted by molar-refractivity contribution is 14.1. The molecule has 0 aliphatic rings. The molecule has 0 aliphatic heterocycles. The number of benzene rings is 1. The molecule has 2 rings (SSSR count). The normalized spacial score (nSPS) is 12.2. The first kappa shape index (κ1) is 18.7. The monoisotopic (exact) mass is 454 g/mol. The molecule has 0 unspecified atom stereocenters. The second-order valence-corrected chi connectivity index (χ2v) is 7.33. The molecule has 130 valence electrons. The lowest BCUT2D eigenvalue weighted by Crippen LogP contribution is -2.28. The van der Waals surface area contributed by atoms with Crippen molar-refractivity contribution in [1.82, 2.24) is 9.97 Å². The average Bonchev–Trinajstić information content (AvgIpc) is 2.39. The molecule has 0 radical (unpaired) electrons. The molecule has 9 heteroatoms. The van der Waals surface area contributed by atoms with E-state index in [4.69, 9.17) is 0 Å². The number of nitrogens with one attached hydrogen (secondary N) is 2. The van der Waals surface area contributed by atoms with Gasteiger partial charge in [0.15, 0.2) is 5.69 Å². The number of alkyl halides is 3. The molecule has 1 aromatic carbocycles. The van der Waals surface area contributed by atoms with Crippen molar-refractivity contribution >= 4 is 40.0 Å². The second-order valence-electron chi connectivity index (χ2n) is 6.08. The molecule has 4 nitrogen and oxygen atoms in total. The smallest absolute Gasteiger partial charge is 0.350 e. The SMILES string of the molecule is CC(C)(C)Nc1nc(Nc2ccc(I)cc2F)cc(C(F)(F)F)n1. The van der Waals surface area contributed by atoms with Crippen molar-refractivity contribution in [3.05, 3.63) is 39.3 Å². The third-order valence-electron chi connectivity index (χ3n) is 2.70. The van der Waals surface area contributed by atoms with Gasteiger partial charge in [-0.25, -0.2) is 9.37 Å². The fourth-order valence-corrected chi connectivity index (χ4v) is 2.23. The van der Waals surface area contributed by atoms with Gasteiger partial charge in [0.1, 0.15) is 11.6 Å². The van der Waals surface area contributed by atoms with Crippen molar-refractivity contribution in [1.29, 1.82) is 0 Å². The van der Waals surface area contributed by atoms with E-state index in [1.54, 1.807) is 26.8 Å². The van der Waals surface area contributed by atoms with Gasteiger partial charge in [-0.15, -0.1) is 0 Å². The highest BCUT2D eigenvalue weighted by atomic mass is 127. The summed E-state index contributed by atoms with van der Waals surface area (Å²) in [5.41, 5.74) is -1.61.